The van der Waals surface area contributed by atoms with Gasteiger partial charge in [0.2, 0.25) is 0 Å². The molecule has 0 N–H and O–H groups in total. The maximum atomic E-state index is 11.2. The lowest BCUT2D eigenvalue weighted by Gasteiger charge is -1.97. The van der Waals surface area contributed by atoms with Gasteiger partial charge in [-0.1, -0.05) is 30.3 Å². The van der Waals surface area contributed by atoms with Crippen molar-refractivity contribution in [2.45, 2.75) is 6.42 Å². The largest absolute Gasteiger partial charge is 0.298 e. The molecule has 13 heavy (non-hydrogen) atoms. The zero-order valence-corrected chi connectivity index (χ0v) is 7.88. The van der Waals surface area contributed by atoms with Crippen LogP contribution in [0.3, 0.4) is 0 Å². The molecule has 3 heteroatoms. The number of benzene rings is 1. The number of nitrogens with zero attached hydrogens (tertiary/aromatic N) is 1. The van der Waals surface area contributed by atoms with Crippen molar-refractivity contribution >= 4 is 17.5 Å². The summed E-state index contributed by atoms with van der Waals surface area (Å²) in [5, 5.41) is 10.1. The van der Waals surface area contributed by atoms with Crippen LogP contribution >= 0.6 is 11.8 Å². The number of carbonyl (C=O) groups excluding carboxylic acids is 1. The van der Waals surface area contributed by atoms with E-state index >= 15 is 0 Å². The lowest BCUT2D eigenvalue weighted by atomic mass is 10.1. The van der Waals surface area contributed by atoms with Crippen LogP contribution in [0.2, 0.25) is 0 Å². The fourth-order valence-corrected chi connectivity index (χ4v) is 1.31. The fourth-order valence-electron chi connectivity index (χ4n) is 0.987. The van der Waals surface area contributed by atoms with Crippen LogP contribution in [-0.4, -0.2) is 11.5 Å². The summed E-state index contributed by atoms with van der Waals surface area (Å²) in [7, 11) is 0. The molecule has 0 unspecified atom stereocenters. The molecule has 0 saturated heterocycles. The van der Waals surface area contributed by atoms with Crippen LogP contribution < -0.4 is 0 Å². The van der Waals surface area contributed by atoms with Crippen molar-refractivity contribution in [3.63, 3.8) is 0 Å². The maximum absolute atomic E-state index is 11.2. The quantitative estimate of drug-likeness (QED) is 0.683. The van der Waals surface area contributed by atoms with Gasteiger partial charge in [-0.3, -0.25) is 4.79 Å². The predicted molar refractivity (Wildman–Crippen MR) is 53.2 cm³/mol. The van der Waals surface area contributed by atoms with Gasteiger partial charge < -0.3 is 0 Å². The Morgan fingerprint density at radius 3 is 2.69 bits per heavy atom. The Bertz CT molecular complexity index is 315. The highest BCUT2D eigenvalue weighted by atomic mass is 32.2. The van der Waals surface area contributed by atoms with E-state index in [0.29, 0.717) is 6.42 Å². The third kappa shape index (κ3) is 3.77. The van der Waals surface area contributed by atoms with E-state index in [0.717, 1.165) is 17.3 Å². The molecule has 0 bridgehead atoms. The second-order valence-corrected chi connectivity index (χ2v) is 3.34. The maximum Gasteiger partial charge on any atom is 0.148 e. The Balaban J connectivity index is 2.42. The minimum absolute atomic E-state index is 0.0951. The van der Waals surface area contributed by atoms with Crippen LogP contribution in [0.5, 0.6) is 0 Å². The van der Waals surface area contributed by atoms with Crippen molar-refractivity contribution in [3.05, 3.63) is 35.9 Å². The molecule has 0 aliphatic rings. The monoisotopic (exact) mass is 191 g/mol. The SMILES string of the molecule is N#CSCC(=O)Cc1ccccc1. The standard InChI is InChI=1S/C10H9NOS/c11-8-13-7-10(12)6-9-4-2-1-3-5-9/h1-5H,6-7H2. The molecule has 1 aromatic carbocycles. The summed E-state index contributed by atoms with van der Waals surface area (Å²) < 4.78 is 0. The van der Waals surface area contributed by atoms with E-state index in [2.05, 4.69) is 0 Å². The number of thiocyanates is 1. The van der Waals surface area contributed by atoms with Crippen LogP contribution in [0.4, 0.5) is 0 Å². The molecule has 0 aliphatic carbocycles. The number of hydrogen-bond donors (Lipinski definition) is 0. The summed E-state index contributed by atoms with van der Waals surface area (Å²) in [4.78, 5) is 11.2. The molecule has 0 aliphatic heterocycles. The molecule has 0 radical (unpaired) electrons. The number of rotatable bonds is 4. The summed E-state index contributed by atoms with van der Waals surface area (Å²) in [6.07, 6.45) is 0.426. The Kier molecular flexibility index (Phi) is 4.07. The zero-order valence-electron chi connectivity index (χ0n) is 7.06. The summed E-state index contributed by atoms with van der Waals surface area (Å²) in [6, 6.07) is 9.54. The van der Waals surface area contributed by atoms with Gasteiger partial charge in [-0.25, -0.2) is 0 Å². The Morgan fingerprint density at radius 1 is 1.38 bits per heavy atom. The lowest BCUT2D eigenvalue weighted by molar-refractivity contribution is -0.115. The molecule has 2 nitrogen and oxygen atoms in total. The van der Waals surface area contributed by atoms with Gasteiger partial charge in [0.25, 0.3) is 0 Å². The fraction of sp³-hybridized carbons (Fsp3) is 0.200. The third-order valence-electron chi connectivity index (χ3n) is 1.54. The van der Waals surface area contributed by atoms with E-state index < -0.39 is 0 Å². The molecule has 1 rings (SSSR count). The first-order valence-electron chi connectivity index (χ1n) is 3.89. The highest BCUT2D eigenvalue weighted by Gasteiger charge is 2.02. The molecule has 1 aromatic rings. The number of thioether (sulfide) groups is 1. The van der Waals surface area contributed by atoms with Crippen LogP contribution in [0, 0.1) is 10.7 Å². The molecule has 0 saturated carbocycles. The van der Waals surface area contributed by atoms with E-state index in [4.69, 9.17) is 5.26 Å². The molecular formula is C10H9NOS. The summed E-state index contributed by atoms with van der Waals surface area (Å²) >= 11 is 0.991. The Morgan fingerprint density at radius 2 is 2.08 bits per heavy atom. The normalized spacial score (nSPS) is 9.15. The lowest BCUT2D eigenvalue weighted by Crippen LogP contribution is -2.04. The van der Waals surface area contributed by atoms with Crippen molar-refractivity contribution in [2.24, 2.45) is 0 Å². The number of nitriles is 1. The average molecular weight is 191 g/mol. The van der Waals surface area contributed by atoms with Crippen molar-refractivity contribution in [3.8, 4) is 5.40 Å². The highest BCUT2D eigenvalue weighted by molar-refractivity contribution is 8.04. The number of carbonyl (C=O) groups is 1. The van der Waals surface area contributed by atoms with Gasteiger partial charge in [-0.05, 0) is 17.3 Å². The number of ketones is 1. The number of hydrogen-bond acceptors (Lipinski definition) is 3. The van der Waals surface area contributed by atoms with E-state index in [1.807, 2.05) is 35.7 Å². The van der Waals surface area contributed by atoms with Crippen LogP contribution in [0.25, 0.3) is 0 Å². The van der Waals surface area contributed by atoms with Gasteiger partial charge in [0, 0.05) is 6.42 Å². The first-order chi connectivity index (χ1) is 6.33. The minimum Gasteiger partial charge on any atom is -0.298 e. The van der Waals surface area contributed by atoms with E-state index in [1.165, 1.54) is 0 Å². The second-order valence-electron chi connectivity index (χ2n) is 2.58. The Hall–Kier alpha value is -1.27. The van der Waals surface area contributed by atoms with Gasteiger partial charge >= 0.3 is 0 Å². The molecule has 0 heterocycles. The van der Waals surface area contributed by atoms with Crippen LogP contribution in [-0.2, 0) is 11.2 Å². The molecule has 0 atom stereocenters. The zero-order chi connectivity index (χ0) is 9.52. The summed E-state index contributed by atoms with van der Waals surface area (Å²) in [5.74, 6) is 0.378. The van der Waals surface area contributed by atoms with Crippen molar-refractivity contribution in [1.82, 2.24) is 0 Å². The van der Waals surface area contributed by atoms with Crippen molar-refractivity contribution in [2.75, 3.05) is 5.75 Å². The summed E-state index contributed by atoms with van der Waals surface area (Å²) in [5.41, 5.74) is 1.01. The molecule has 66 valence electrons. The van der Waals surface area contributed by atoms with Crippen LogP contribution in [0.15, 0.2) is 30.3 Å². The van der Waals surface area contributed by atoms with Crippen molar-refractivity contribution < 1.29 is 4.79 Å². The Labute approximate surface area is 81.6 Å². The molecule has 0 spiro atoms. The highest BCUT2D eigenvalue weighted by Crippen LogP contribution is 2.03. The van der Waals surface area contributed by atoms with Gasteiger partial charge in [0.05, 0.1) is 5.75 Å². The molecule has 0 aromatic heterocycles. The topological polar surface area (TPSA) is 40.9 Å². The second kappa shape index (κ2) is 5.39. The van der Waals surface area contributed by atoms with Gasteiger partial charge in [0.15, 0.2) is 0 Å². The van der Waals surface area contributed by atoms with Crippen molar-refractivity contribution in [1.29, 1.82) is 5.26 Å². The van der Waals surface area contributed by atoms with Gasteiger partial charge in [-0.15, -0.1) is 0 Å². The summed E-state index contributed by atoms with van der Waals surface area (Å²) in [6.45, 7) is 0. The third-order valence-corrected chi connectivity index (χ3v) is 2.14. The first-order valence-corrected chi connectivity index (χ1v) is 4.88. The van der Waals surface area contributed by atoms with Gasteiger partial charge in [0.1, 0.15) is 11.2 Å². The van der Waals surface area contributed by atoms with E-state index in [9.17, 15) is 4.79 Å². The molecule has 0 fully saturated rings. The van der Waals surface area contributed by atoms with Crippen LogP contribution in [0.1, 0.15) is 5.56 Å². The predicted octanol–water partition coefficient (Wildman–Crippen LogP) is 2.01. The smallest absolute Gasteiger partial charge is 0.148 e. The van der Waals surface area contributed by atoms with Gasteiger partial charge in [-0.2, -0.15) is 5.26 Å². The van der Waals surface area contributed by atoms with E-state index in [1.54, 1.807) is 0 Å². The van der Waals surface area contributed by atoms with E-state index in [-0.39, 0.29) is 11.5 Å². The average Bonchev–Trinajstić information content (AvgIpc) is 2.16. The molecular weight excluding hydrogens is 182 g/mol. The minimum atomic E-state index is 0.0951. The number of Topliss-reactive ketones (excluding diaryl/α,β-unsaturated/α-hetero) is 1. The first kappa shape index (κ1) is 9.82. The molecule has 0 amide bonds.